The van der Waals surface area contributed by atoms with Crippen LogP contribution in [0.5, 0.6) is 0 Å². The summed E-state index contributed by atoms with van der Waals surface area (Å²) in [6.07, 6.45) is 1.80. The van der Waals surface area contributed by atoms with Gasteiger partial charge >= 0.3 is 5.97 Å². The van der Waals surface area contributed by atoms with Crippen molar-refractivity contribution in [3.63, 3.8) is 0 Å². The molecule has 0 bridgehead atoms. The van der Waals surface area contributed by atoms with E-state index in [0.29, 0.717) is 5.02 Å². The molecule has 2 aromatic rings. The molecule has 0 unspecified atom stereocenters. The highest BCUT2D eigenvalue weighted by Gasteiger charge is 2.08. The lowest BCUT2D eigenvalue weighted by molar-refractivity contribution is -0.141. The molecule has 0 saturated carbocycles. The van der Waals surface area contributed by atoms with Gasteiger partial charge in [0.1, 0.15) is 13.1 Å². The van der Waals surface area contributed by atoms with Crippen LogP contribution in [-0.4, -0.2) is 30.1 Å². The first kappa shape index (κ1) is 13.4. The molecule has 100 valence electrons. The Morgan fingerprint density at radius 1 is 1.37 bits per heavy atom. The lowest BCUT2D eigenvalue weighted by atomic mass is 10.2. The van der Waals surface area contributed by atoms with Crippen LogP contribution in [0.15, 0.2) is 30.5 Å². The van der Waals surface area contributed by atoms with E-state index in [0.717, 1.165) is 10.9 Å². The van der Waals surface area contributed by atoms with Crippen molar-refractivity contribution in [2.24, 2.45) is 0 Å². The van der Waals surface area contributed by atoms with E-state index in [-0.39, 0.29) is 19.0 Å². The van der Waals surface area contributed by atoms with Crippen molar-refractivity contribution in [1.29, 1.82) is 0 Å². The highest BCUT2D eigenvalue weighted by atomic mass is 35.5. The zero-order valence-corrected chi connectivity index (χ0v) is 11.1. The summed E-state index contributed by atoms with van der Waals surface area (Å²) in [7, 11) is 1.27. The Hall–Kier alpha value is -2.01. The molecule has 1 aromatic carbocycles. The summed E-state index contributed by atoms with van der Waals surface area (Å²) in [5.74, 6) is -0.739. The SMILES string of the molecule is COC(=O)CNC(=O)Cn1ccc2ccc(Cl)cc21. The van der Waals surface area contributed by atoms with Crippen molar-refractivity contribution in [2.75, 3.05) is 13.7 Å². The minimum atomic E-state index is -0.478. The quantitative estimate of drug-likeness (QED) is 0.865. The van der Waals surface area contributed by atoms with Crippen LogP contribution in [0.25, 0.3) is 10.9 Å². The normalized spacial score (nSPS) is 10.4. The predicted molar refractivity (Wildman–Crippen MR) is 72.0 cm³/mol. The zero-order valence-electron chi connectivity index (χ0n) is 10.4. The van der Waals surface area contributed by atoms with Crippen LogP contribution < -0.4 is 5.32 Å². The van der Waals surface area contributed by atoms with Crippen LogP contribution in [0.3, 0.4) is 0 Å². The Balaban J connectivity index is 2.07. The fourth-order valence-electron chi connectivity index (χ4n) is 1.75. The first-order valence-corrected chi connectivity index (χ1v) is 6.06. The first-order chi connectivity index (χ1) is 9.10. The van der Waals surface area contributed by atoms with E-state index in [1.165, 1.54) is 7.11 Å². The number of aromatic nitrogens is 1. The number of halogens is 1. The molecule has 0 aliphatic carbocycles. The van der Waals surface area contributed by atoms with E-state index in [9.17, 15) is 9.59 Å². The number of nitrogens with zero attached hydrogens (tertiary/aromatic N) is 1. The van der Waals surface area contributed by atoms with E-state index in [2.05, 4.69) is 10.1 Å². The molecule has 19 heavy (non-hydrogen) atoms. The largest absolute Gasteiger partial charge is 0.468 e. The summed E-state index contributed by atoms with van der Waals surface area (Å²) < 4.78 is 6.22. The molecule has 5 nitrogen and oxygen atoms in total. The van der Waals surface area contributed by atoms with Gasteiger partial charge in [-0.25, -0.2) is 0 Å². The van der Waals surface area contributed by atoms with Crippen molar-refractivity contribution in [3.05, 3.63) is 35.5 Å². The smallest absolute Gasteiger partial charge is 0.325 e. The number of hydrogen-bond donors (Lipinski definition) is 1. The maximum absolute atomic E-state index is 11.7. The Bertz CT molecular complexity index is 621. The van der Waals surface area contributed by atoms with Crippen LogP contribution in [0.1, 0.15) is 0 Å². The number of nitrogens with one attached hydrogen (secondary N) is 1. The standard InChI is InChI=1S/C13H13ClN2O3/c1-19-13(18)7-15-12(17)8-16-5-4-9-2-3-10(14)6-11(9)16/h2-6H,7-8H2,1H3,(H,15,17). The van der Waals surface area contributed by atoms with Gasteiger partial charge in [-0.2, -0.15) is 0 Å². The van der Waals surface area contributed by atoms with Gasteiger partial charge in [-0.15, -0.1) is 0 Å². The highest BCUT2D eigenvalue weighted by Crippen LogP contribution is 2.20. The zero-order chi connectivity index (χ0) is 13.8. The van der Waals surface area contributed by atoms with Gasteiger partial charge in [0.25, 0.3) is 0 Å². The number of amides is 1. The fraction of sp³-hybridized carbons (Fsp3) is 0.231. The fourth-order valence-corrected chi connectivity index (χ4v) is 1.91. The van der Waals surface area contributed by atoms with Crippen LogP contribution in [-0.2, 0) is 20.9 Å². The van der Waals surface area contributed by atoms with E-state index >= 15 is 0 Å². The lowest BCUT2D eigenvalue weighted by Gasteiger charge is -2.06. The van der Waals surface area contributed by atoms with Crippen LogP contribution in [0, 0.1) is 0 Å². The number of benzene rings is 1. The summed E-state index contributed by atoms with van der Waals surface area (Å²) in [5.41, 5.74) is 0.876. The van der Waals surface area contributed by atoms with Gasteiger partial charge in [-0.1, -0.05) is 17.7 Å². The summed E-state index contributed by atoms with van der Waals surface area (Å²) >= 11 is 5.93. The molecule has 1 heterocycles. The molecule has 6 heteroatoms. The molecule has 2 rings (SSSR count). The van der Waals surface area contributed by atoms with Gasteiger partial charge in [-0.05, 0) is 23.6 Å². The first-order valence-electron chi connectivity index (χ1n) is 5.68. The predicted octanol–water partition coefficient (Wildman–Crippen LogP) is 1.58. The van der Waals surface area contributed by atoms with E-state index in [1.54, 1.807) is 22.9 Å². The van der Waals surface area contributed by atoms with Gasteiger partial charge in [-0.3, -0.25) is 9.59 Å². The Morgan fingerprint density at radius 3 is 2.89 bits per heavy atom. The number of rotatable bonds is 4. The number of ether oxygens (including phenoxy) is 1. The summed E-state index contributed by atoms with van der Waals surface area (Å²) in [6, 6.07) is 7.38. The molecule has 0 aliphatic heterocycles. The number of methoxy groups -OCH3 is 1. The number of carbonyl (C=O) groups excluding carboxylic acids is 2. The van der Waals surface area contributed by atoms with E-state index in [4.69, 9.17) is 11.6 Å². The minimum Gasteiger partial charge on any atom is -0.468 e. The van der Waals surface area contributed by atoms with Crippen molar-refractivity contribution >= 4 is 34.4 Å². The van der Waals surface area contributed by atoms with Crippen LogP contribution in [0.2, 0.25) is 5.02 Å². The monoisotopic (exact) mass is 280 g/mol. The maximum atomic E-state index is 11.7. The molecule has 1 amide bonds. The number of esters is 1. The molecule has 0 radical (unpaired) electrons. The number of carbonyl (C=O) groups is 2. The molecule has 0 saturated heterocycles. The molecule has 0 fully saturated rings. The van der Waals surface area contributed by atoms with Gasteiger partial charge in [0, 0.05) is 16.7 Å². The second-order valence-corrected chi connectivity index (χ2v) is 4.44. The third-order valence-electron chi connectivity index (χ3n) is 2.71. The number of hydrogen-bond acceptors (Lipinski definition) is 3. The third-order valence-corrected chi connectivity index (χ3v) is 2.94. The molecular formula is C13H13ClN2O3. The molecule has 0 aliphatic rings. The van der Waals surface area contributed by atoms with Crippen molar-refractivity contribution in [2.45, 2.75) is 6.54 Å². The second kappa shape index (κ2) is 5.75. The summed E-state index contributed by atoms with van der Waals surface area (Å²) in [5, 5.41) is 4.10. The van der Waals surface area contributed by atoms with Gasteiger partial charge in [0.2, 0.25) is 5.91 Å². The van der Waals surface area contributed by atoms with E-state index < -0.39 is 5.97 Å². The molecule has 0 atom stereocenters. The van der Waals surface area contributed by atoms with Gasteiger partial charge < -0.3 is 14.6 Å². The lowest BCUT2D eigenvalue weighted by Crippen LogP contribution is -2.32. The molecule has 0 spiro atoms. The average molecular weight is 281 g/mol. The Morgan fingerprint density at radius 2 is 2.16 bits per heavy atom. The van der Waals surface area contributed by atoms with Crippen LogP contribution in [0.4, 0.5) is 0 Å². The van der Waals surface area contributed by atoms with Crippen molar-refractivity contribution in [3.8, 4) is 0 Å². The Labute approximate surface area is 115 Å². The molecular weight excluding hydrogens is 268 g/mol. The van der Waals surface area contributed by atoms with Gasteiger partial charge in [0.15, 0.2) is 0 Å². The Kier molecular flexibility index (Phi) is 4.06. The van der Waals surface area contributed by atoms with E-state index in [1.807, 2.05) is 12.1 Å². The van der Waals surface area contributed by atoms with Crippen LogP contribution >= 0.6 is 11.6 Å². The maximum Gasteiger partial charge on any atom is 0.325 e. The second-order valence-electron chi connectivity index (χ2n) is 4.00. The molecule has 1 N–H and O–H groups in total. The molecule has 1 aromatic heterocycles. The van der Waals surface area contributed by atoms with Crippen molar-refractivity contribution in [1.82, 2.24) is 9.88 Å². The minimum absolute atomic E-state index is 0.126. The highest BCUT2D eigenvalue weighted by molar-refractivity contribution is 6.31. The average Bonchev–Trinajstić information content (AvgIpc) is 2.78. The van der Waals surface area contributed by atoms with Gasteiger partial charge in [0.05, 0.1) is 7.11 Å². The third kappa shape index (κ3) is 3.26. The number of fused-ring (bicyclic) bond motifs is 1. The van der Waals surface area contributed by atoms with Crippen molar-refractivity contribution < 1.29 is 14.3 Å². The summed E-state index contributed by atoms with van der Waals surface area (Å²) in [4.78, 5) is 22.6. The topological polar surface area (TPSA) is 60.3 Å². The summed E-state index contributed by atoms with van der Waals surface area (Å²) in [6.45, 7) is -0.00384.